The molecule has 0 fully saturated rings. The van der Waals surface area contributed by atoms with Gasteiger partial charge in [0.2, 0.25) is 5.89 Å². The number of oxazole rings is 1. The fourth-order valence-corrected chi connectivity index (χ4v) is 2.48. The van der Waals surface area contributed by atoms with Crippen LogP contribution in [0.5, 0.6) is 0 Å². The molecule has 0 unspecified atom stereocenters. The monoisotopic (exact) mass is 349 g/mol. The molecule has 0 spiro atoms. The fourth-order valence-electron chi connectivity index (χ4n) is 2.48. The highest BCUT2D eigenvalue weighted by Crippen LogP contribution is 2.20. The van der Waals surface area contributed by atoms with Crippen LogP contribution in [0.2, 0.25) is 0 Å². The van der Waals surface area contributed by atoms with Crippen LogP contribution in [0, 0.1) is 6.92 Å². The van der Waals surface area contributed by atoms with Crippen molar-refractivity contribution >= 4 is 5.96 Å². The highest BCUT2D eigenvalue weighted by molar-refractivity contribution is 5.79. The third-order valence-electron chi connectivity index (χ3n) is 3.92. The molecule has 0 amide bonds. The zero-order valence-corrected chi connectivity index (χ0v) is 15.1. The van der Waals surface area contributed by atoms with Crippen molar-refractivity contribution in [1.82, 2.24) is 20.6 Å². The van der Waals surface area contributed by atoms with E-state index in [0.29, 0.717) is 18.4 Å². The molecule has 3 aromatic rings. The molecule has 6 nitrogen and oxygen atoms in total. The molecule has 0 radical (unpaired) electrons. The predicted molar refractivity (Wildman–Crippen MR) is 103 cm³/mol. The van der Waals surface area contributed by atoms with Gasteiger partial charge in [-0.3, -0.25) is 9.98 Å². The van der Waals surface area contributed by atoms with Gasteiger partial charge in [-0.1, -0.05) is 35.9 Å². The Kier molecular flexibility index (Phi) is 5.98. The van der Waals surface area contributed by atoms with Gasteiger partial charge >= 0.3 is 0 Å². The Labute approximate surface area is 153 Å². The Balaban J connectivity index is 1.49. The van der Waals surface area contributed by atoms with E-state index >= 15 is 0 Å². The standard InChI is InChI=1S/C20H23N5O/c1-15-6-8-16(9-7-15)18-13-24-19(26-18)14-25-20(21-2)23-12-10-17-5-3-4-11-22-17/h3-9,11,13H,10,12,14H2,1-2H3,(H2,21,23,25). The quantitative estimate of drug-likeness (QED) is 0.529. The molecular formula is C20H23N5O. The molecule has 0 aliphatic carbocycles. The van der Waals surface area contributed by atoms with Crippen LogP contribution in [0.1, 0.15) is 17.1 Å². The van der Waals surface area contributed by atoms with Crippen LogP contribution in [0.3, 0.4) is 0 Å². The number of hydrogen-bond donors (Lipinski definition) is 2. The lowest BCUT2D eigenvalue weighted by Gasteiger charge is -2.10. The fraction of sp³-hybridized carbons (Fsp3) is 0.250. The summed E-state index contributed by atoms with van der Waals surface area (Å²) in [5, 5.41) is 6.47. The van der Waals surface area contributed by atoms with E-state index in [-0.39, 0.29) is 0 Å². The lowest BCUT2D eigenvalue weighted by molar-refractivity contribution is 0.497. The second kappa shape index (κ2) is 8.80. The van der Waals surface area contributed by atoms with Crippen molar-refractivity contribution in [1.29, 1.82) is 0 Å². The van der Waals surface area contributed by atoms with Gasteiger partial charge in [-0.25, -0.2) is 4.98 Å². The SMILES string of the molecule is CN=C(NCCc1ccccn1)NCc1ncc(-c2ccc(C)cc2)o1. The average molecular weight is 349 g/mol. The molecule has 134 valence electrons. The lowest BCUT2D eigenvalue weighted by atomic mass is 10.1. The number of aryl methyl sites for hydroxylation is 1. The van der Waals surface area contributed by atoms with Crippen LogP contribution in [-0.4, -0.2) is 29.5 Å². The van der Waals surface area contributed by atoms with E-state index in [0.717, 1.165) is 30.0 Å². The second-order valence-corrected chi connectivity index (χ2v) is 5.91. The van der Waals surface area contributed by atoms with Gasteiger partial charge in [-0.15, -0.1) is 0 Å². The highest BCUT2D eigenvalue weighted by Gasteiger charge is 2.07. The molecular weight excluding hydrogens is 326 g/mol. The molecule has 0 atom stereocenters. The van der Waals surface area contributed by atoms with Crippen molar-refractivity contribution < 1.29 is 4.42 Å². The minimum atomic E-state index is 0.467. The number of rotatable bonds is 6. The summed E-state index contributed by atoms with van der Waals surface area (Å²) in [6.45, 7) is 3.28. The number of aromatic nitrogens is 2. The number of aliphatic imine (C=N–C) groups is 1. The van der Waals surface area contributed by atoms with Crippen molar-refractivity contribution in [2.24, 2.45) is 4.99 Å². The molecule has 6 heteroatoms. The number of nitrogens with one attached hydrogen (secondary N) is 2. The summed E-state index contributed by atoms with van der Waals surface area (Å²) in [6, 6.07) is 14.1. The number of benzene rings is 1. The Bertz CT molecular complexity index is 840. The Hall–Kier alpha value is -3.15. The van der Waals surface area contributed by atoms with Gasteiger partial charge in [0.1, 0.15) is 0 Å². The summed E-state index contributed by atoms with van der Waals surface area (Å²) < 4.78 is 5.81. The van der Waals surface area contributed by atoms with Crippen molar-refractivity contribution in [3.8, 4) is 11.3 Å². The molecule has 0 aliphatic heterocycles. The zero-order chi connectivity index (χ0) is 18.2. The summed E-state index contributed by atoms with van der Waals surface area (Å²) in [5.74, 6) is 2.09. The van der Waals surface area contributed by atoms with Gasteiger partial charge in [-0.2, -0.15) is 0 Å². The summed E-state index contributed by atoms with van der Waals surface area (Å²) in [7, 11) is 1.74. The number of pyridine rings is 1. The van der Waals surface area contributed by atoms with Crippen LogP contribution in [0.15, 0.2) is 64.3 Å². The van der Waals surface area contributed by atoms with Gasteiger partial charge in [0.15, 0.2) is 11.7 Å². The van der Waals surface area contributed by atoms with E-state index in [1.807, 2.05) is 30.3 Å². The Morgan fingerprint density at radius 2 is 1.92 bits per heavy atom. The molecule has 0 saturated heterocycles. The molecule has 2 aromatic heterocycles. The van der Waals surface area contributed by atoms with Crippen LogP contribution in [0.4, 0.5) is 0 Å². The first-order chi connectivity index (χ1) is 12.7. The molecule has 1 aromatic carbocycles. The molecule has 2 N–H and O–H groups in total. The molecule has 0 saturated carbocycles. The summed E-state index contributed by atoms with van der Waals surface area (Å²) >= 11 is 0. The van der Waals surface area contributed by atoms with Crippen LogP contribution < -0.4 is 10.6 Å². The first-order valence-electron chi connectivity index (χ1n) is 8.61. The lowest BCUT2D eigenvalue weighted by Crippen LogP contribution is -2.38. The molecule has 26 heavy (non-hydrogen) atoms. The minimum Gasteiger partial charge on any atom is -0.439 e. The van der Waals surface area contributed by atoms with Gasteiger partial charge in [0.05, 0.1) is 12.7 Å². The van der Waals surface area contributed by atoms with Crippen molar-refractivity contribution in [3.63, 3.8) is 0 Å². The Morgan fingerprint density at radius 3 is 2.65 bits per heavy atom. The maximum atomic E-state index is 5.81. The van der Waals surface area contributed by atoms with Crippen LogP contribution in [0.25, 0.3) is 11.3 Å². The van der Waals surface area contributed by atoms with E-state index in [1.165, 1.54) is 5.56 Å². The number of hydrogen-bond acceptors (Lipinski definition) is 4. The van der Waals surface area contributed by atoms with Gasteiger partial charge in [0.25, 0.3) is 0 Å². The van der Waals surface area contributed by atoms with Gasteiger partial charge < -0.3 is 15.1 Å². The molecule has 0 bridgehead atoms. The molecule has 3 rings (SSSR count). The first kappa shape index (κ1) is 17.7. The summed E-state index contributed by atoms with van der Waals surface area (Å²) in [6.07, 6.45) is 4.38. The summed E-state index contributed by atoms with van der Waals surface area (Å²) in [5.41, 5.74) is 3.29. The van der Waals surface area contributed by atoms with Crippen LogP contribution >= 0.6 is 0 Å². The maximum absolute atomic E-state index is 5.81. The van der Waals surface area contributed by atoms with Gasteiger partial charge in [0, 0.05) is 37.5 Å². The number of guanidine groups is 1. The highest BCUT2D eigenvalue weighted by atomic mass is 16.4. The average Bonchev–Trinajstić information content (AvgIpc) is 3.15. The van der Waals surface area contributed by atoms with E-state index in [9.17, 15) is 0 Å². The van der Waals surface area contributed by atoms with Crippen molar-refractivity contribution in [3.05, 3.63) is 72.0 Å². The largest absolute Gasteiger partial charge is 0.439 e. The van der Waals surface area contributed by atoms with Crippen molar-refractivity contribution in [2.45, 2.75) is 19.9 Å². The Morgan fingerprint density at radius 1 is 1.08 bits per heavy atom. The maximum Gasteiger partial charge on any atom is 0.214 e. The normalized spacial score (nSPS) is 11.4. The molecule has 2 heterocycles. The zero-order valence-electron chi connectivity index (χ0n) is 15.1. The smallest absolute Gasteiger partial charge is 0.214 e. The van der Waals surface area contributed by atoms with E-state index in [1.54, 1.807) is 19.4 Å². The topological polar surface area (TPSA) is 75.3 Å². The number of nitrogens with zero attached hydrogens (tertiary/aromatic N) is 3. The van der Waals surface area contributed by atoms with Crippen molar-refractivity contribution in [2.75, 3.05) is 13.6 Å². The third kappa shape index (κ3) is 4.92. The van der Waals surface area contributed by atoms with E-state index in [4.69, 9.17) is 4.42 Å². The second-order valence-electron chi connectivity index (χ2n) is 5.91. The first-order valence-corrected chi connectivity index (χ1v) is 8.61. The summed E-state index contributed by atoms with van der Waals surface area (Å²) in [4.78, 5) is 12.8. The molecule has 0 aliphatic rings. The van der Waals surface area contributed by atoms with Gasteiger partial charge in [-0.05, 0) is 19.1 Å². The minimum absolute atomic E-state index is 0.467. The van der Waals surface area contributed by atoms with Crippen LogP contribution in [-0.2, 0) is 13.0 Å². The van der Waals surface area contributed by atoms with E-state index < -0.39 is 0 Å². The van der Waals surface area contributed by atoms with E-state index in [2.05, 4.69) is 44.7 Å². The predicted octanol–water partition coefficient (Wildman–Crippen LogP) is 2.95. The third-order valence-corrected chi connectivity index (χ3v) is 3.92.